The van der Waals surface area contributed by atoms with Crippen molar-refractivity contribution in [1.82, 2.24) is 5.32 Å². The number of alkyl halides is 3. The van der Waals surface area contributed by atoms with E-state index in [1.54, 1.807) is 0 Å². The molecule has 0 aliphatic heterocycles. The second-order valence-electron chi connectivity index (χ2n) is 5.70. The number of carbonyl (C=O) groups excluding carboxylic acids is 1. The average Bonchev–Trinajstić information content (AvgIpc) is 2.54. The molecule has 5 heteroatoms. The van der Waals surface area contributed by atoms with Crippen molar-refractivity contribution < 1.29 is 18.0 Å². The Morgan fingerprint density at radius 3 is 2.65 bits per heavy atom. The summed E-state index contributed by atoms with van der Waals surface area (Å²) in [6, 6.07) is 12.2. The van der Waals surface area contributed by atoms with E-state index in [1.807, 2.05) is 24.3 Å². The van der Waals surface area contributed by atoms with E-state index < -0.39 is 17.6 Å². The van der Waals surface area contributed by atoms with Crippen molar-refractivity contribution in [3.8, 4) is 0 Å². The van der Waals surface area contributed by atoms with Crippen molar-refractivity contribution >= 4 is 5.91 Å². The molecule has 1 atom stereocenters. The summed E-state index contributed by atoms with van der Waals surface area (Å²) in [5.41, 5.74) is 1.46. The summed E-state index contributed by atoms with van der Waals surface area (Å²) in [7, 11) is 0. The molecular weight excluding hydrogens is 303 g/mol. The number of aryl methyl sites for hydroxylation is 1. The second-order valence-corrected chi connectivity index (χ2v) is 5.70. The SMILES string of the molecule is O=C(N[C@H]1CCCc2ccccc21)c1cccc(C(F)(F)F)c1. The fourth-order valence-corrected chi connectivity index (χ4v) is 2.98. The summed E-state index contributed by atoms with van der Waals surface area (Å²) in [5, 5.41) is 2.86. The zero-order valence-corrected chi connectivity index (χ0v) is 12.4. The van der Waals surface area contributed by atoms with Crippen LogP contribution in [0.3, 0.4) is 0 Å². The van der Waals surface area contributed by atoms with Crippen LogP contribution in [-0.2, 0) is 12.6 Å². The zero-order valence-electron chi connectivity index (χ0n) is 12.4. The van der Waals surface area contributed by atoms with Gasteiger partial charge in [0.2, 0.25) is 0 Å². The van der Waals surface area contributed by atoms with Crippen molar-refractivity contribution in [2.75, 3.05) is 0 Å². The van der Waals surface area contributed by atoms with Gasteiger partial charge < -0.3 is 5.32 Å². The monoisotopic (exact) mass is 319 g/mol. The number of rotatable bonds is 2. The van der Waals surface area contributed by atoms with E-state index in [9.17, 15) is 18.0 Å². The smallest absolute Gasteiger partial charge is 0.345 e. The van der Waals surface area contributed by atoms with Crippen LogP contribution in [0.1, 0.15) is 45.9 Å². The predicted molar refractivity (Wildman–Crippen MR) is 81.0 cm³/mol. The van der Waals surface area contributed by atoms with Crippen LogP contribution < -0.4 is 5.32 Å². The highest BCUT2D eigenvalue weighted by Crippen LogP contribution is 2.31. The van der Waals surface area contributed by atoms with Gasteiger partial charge in [-0.2, -0.15) is 13.2 Å². The number of fused-ring (bicyclic) bond motifs is 1. The maximum Gasteiger partial charge on any atom is 0.416 e. The molecule has 0 spiro atoms. The van der Waals surface area contributed by atoms with Gasteiger partial charge in [-0.1, -0.05) is 30.3 Å². The highest BCUT2D eigenvalue weighted by atomic mass is 19.4. The standard InChI is InChI=1S/C18H16F3NO/c19-18(20,21)14-8-3-7-13(11-14)17(23)22-16-10-4-6-12-5-1-2-9-15(12)16/h1-3,5,7-9,11,16H,4,6,10H2,(H,22,23)/t16-/m0/s1. The second kappa shape index (κ2) is 6.07. The van der Waals surface area contributed by atoms with Crippen molar-refractivity contribution in [3.05, 3.63) is 70.8 Å². The normalized spacial score (nSPS) is 17.4. The highest BCUT2D eigenvalue weighted by Gasteiger charge is 2.31. The maximum atomic E-state index is 12.8. The van der Waals surface area contributed by atoms with Gasteiger partial charge in [0.1, 0.15) is 0 Å². The Kier molecular flexibility index (Phi) is 4.11. The molecule has 0 heterocycles. The average molecular weight is 319 g/mol. The van der Waals surface area contributed by atoms with E-state index in [2.05, 4.69) is 5.32 Å². The molecule has 0 aromatic heterocycles. The molecule has 0 bridgehead atoms. The first-order valence-electron chi connectivity index (χ1n) is 7.51. The quantitative estimate of drug-likeness (QED) is 0.867. The topological polar surface area (TPSA) is 29.1 Å². The lowest BCUT2D eigenvalue weighted by Crippen LogP contribution is -2.31. The van der Waals surface area contributed by atoms with Crippen molar-refractivity contribution in [2.24, 2.45) is 0 Å². The Labute approximate surface area is 132 Å². The van der Waals surface area contributed by atoms with E-state index in [-0.39, 0.29) is 11.6 Å². The van der Waals surface area contributed by atoms with E-state index >= 15 is 0 Å². The summed E-state index contributed by atoms with van der Waals surface area (Å²) < 4.78 is 38.3. The third-order valence-corrected chi connectivity index (χ3v) is 4.13. The Morgan fingerprint density at radius 2 is 1.87 bits per heavy atom. The lowest BCUT2D eigenvalue weighted by atomic mass is 9.87. The van der Waals surface area contributed by atoms with Gasteiger partial charge in [0.25, 0.3) is 5.91 Å². The fourth-order valence-electron chi connectivity index (χ4n) is 2.98. The van der Waals surface area contributed by atoms with E-state index in [0.29, 0.717) is 0 Å². The molecular formula is C18H16F3NO. The first-order chi connectivity index (χ1) is 10.9. The van der Waals surface area contributed by atoms with E-state index in [4.69, 9.17) is 0 Å². The van der Waals surface area contributed by atoms with Crippen molar-refractivity contribution in [2.45, 2.75) is 31.5 Å². The van der Waals surface area contributed by atoms with Crippen molar-refractivity contribution in [3.63, 3.8) is 0 Å². The number of hydrogen-bond acceptors (Lipinski definition) is 1. The van der Waals surface area contributed by atoms with Crippen LogP contribution in [0.2, 0.25) is 0 Å². The molecule has 0 radical (unpaired) electrons. The Hall–Kier alpha value is -2.30. The van der Waals surface area contributed by atoms with Gasteiger partial charge in [-0.05, 0) is 48.6 Å². The van der Waals surface area contributed by atoms with Gasteiger partial charge in [-0.15, -0.1) is 0 Å². The zero-order chi connectivity index (χ0) is 16.4. The highest BCUT2D eigenvalue weighted by molar-refractivity contribution is 5.94. The van der Waals surface area contributed by atoms with Crippen LogP contribution in [0.4, 0.5) is 13.2 Å². The minimum absolute atomic E-state index is 0.0304. The Balaban J connectivity index is 1.81. The van der Waals surface area contributed by atoms with Gasteiger partial charge in [0.15, 0.2) is 0 Å². The third-order valence-electron chi connectivity index (χ3n) is 4.13. The number of nitrogens with one attached hydrogen (secondary N) is 1. The van der Waals surface area contributed by atoms with Crippen LogP contribution in [0, 0.1) is 0 Å². The van der Waals surface area contributed by atoms with Crippen LogP contribution in [0.25, 0.3) is 0 Å². The van der Waals surface area contributed by atoms with Gasteiger partial charge in [0.05, 0.1) is 11.6 Å². The van der Waals surface area contributed by atoms with Crippen LogP contribution in [0.5, 0.6) is 0 Å². The summed E-state index contributed by atoms with van der Waals surface area (Å²) >= 11 is 0. The number of benzene rings is 2. The molecule has 3 rings (SSSR count). The van der Waals surface area contributed by atoms with E-state index in [0.717, 1.165) is 37.0 Å². The molecule has 1 aliphatic rings. The van der Waals surface area contributed by atoms with Crippen molar-refractivity contribution in [1.29, 1.82) is 0 Å². The molecule has 0 fully saturated rings. The lowest BCUT2D eigenvalue weighted by molar-refractivity contribution is -0.137. The lowest BCUT2D eigenvalue weighted by Gasteiger charge is -2.26. The molecule has 0 saturated carbocycles. The number of halogens is 3. The predicted octanol–water partition coefficient (Wildman–Crippen LogP) is 4.51. The fraction of sp³-hybridized carbons (Fsp3) is 0.278. The molecule has 1 aliphatic carbocycles. The number of carbonyl (C=O) groups is 1. The first-order valence-corrected chi connectivity index (χ1v) is 7.51. The Morgan fingerprint density at radius 1 is 1.09 bits per heavy atom. The minimum Gasteiger partial charge on any atom is -0.345 e. The van der Waals surface area contributed by atoms with Gasteiger partial charge in [0, 0.05) is 5.56 Å². The van der Waals surface area contributed by atoms with Crippen LogP contribution >= 0.6 is 0 Å². The minimum atomic E-state index is -4.45. The molecule has 23 heavy (non-hydrogen) atoms. The molecule has 1 amide bonds. The Bertz CT molecular complexity index is 724. The summed E-state index contributed by atoms with van der Waals surface area (Å²) in [6.45, 7) is 0. The molecule has 0 saturated heterocycles. The van der Waals surface area contributed by atoms with Gasteiger partial charge in [-0.3, -0.25) is 4.79 Å². The first kappa shape index (κ1) is 15.6. The molecule has 2 aromatic rings. The number of amides is 1. The van der Waals surface area contributed by atoms with Gasteiger partial charge in [-0.25, -0.2) is 0 Å². The molecule has 2 aromatic carbocycles. The molecule has 2 nitrogen and oxygen atoms in total. The number of hydrogen-bond donors (Lipinski definition) is 1. The van der Waals surface area contributed by atoms with E-state index in [1.165, 1.54) is 17.7 Å². The summed E-state index contributed by atoms with van der Waals surface area (Å²) in [5.74, 6) is -0.474. The van der Waals surface area contributed by atoms with Crippen LogP contribution in [0.15, 0.2) is 48.5 Å². The van der Waals surface area contributed by atoms with Gasteiger partial charge >= 0.3 is 6.18 Å². The summed E-state index contributed by atoms with van der Waals surface area (Å²) in [4.78, 5) is 12.3. The largest absolute Gasteiger partial charge is 0.416 e. The molecule has 1 N–H and O–H groups in total. The maximum absolute atomic E-state index is 12.8. The van der Waals surface area contributed by atoms with Crippen LogP contribution in [-0.4, -0.2) is 5.91 Å². The third kappa shape index (κ3) is 3.38. The summed E-state index contributed by atoms with van der Waals surface area (Å²) in [6.07, 6.45) is -1.74. The molecule has 120 valence electrons. The molecule has 0 unspecified atom stereocenters.